The number of hydrogen-bond acceptors (Lipinski definition) is 2. The van der Waals surface area contributed by atoms with Crippen LogP contribution in [0.15, 0.2) is 42.5 Å². The number of ether oxygens (including phenoxy) is 1. The van der Waals surface area contributed by atoms with Crippen molar-refractivity contribution in [2.75, 3.05) is 18.5 Å². The SMILES string of the molecule is CCc1cccc(OCCNC(=O)Nc2ccc(Cl)cc2Cl)c1. The van der Waals surface area contributed by atoms with Gasteiger partial charge in [-0.15, -0.1) is 0 Å². The molecule has 2 aromatic rings. The van der Waals surface area contributed by atoms with E-state index in [1.165, 1.54) is 5.56 Å². The summed E-state index contributed by atoms with van der Waals surface area (Å²) in [6.07, 6.45) is 0.958. The Morgan fingerprint density at radius 2 is 2.00 bits per heavy atom. The molecule has 0 saturated heterocycles. The summed E-state index contributed by atoms with van der Waals surface area (Å²) < 4.78 is 5.60. The molecule has 2 amide bonds. The molecule has 0 bridgehead atoms. The molecule has 2 N–H and O–H groups in total. The van der Waals surface area contributed by atoms with Gasteiger partial charge in [-0.2, -0.15) is 0 Å². The van der Waals surface area contributed by atoms with Crippen LogP contribution in [0.1, 0.15) is 12.5 Å². The first-order valence-corrected chi connectivity index (χ1v) is 8.05. The second-order valence-electron chi connectivity index (χ2n) is 4.85. The number of anilines is 1. The monoisotopic (exact) mass is 352 g/mol. The van der Waals surface area contributed by atoms with Crippen molar-refractivity contribution in [2.24, 2.45) is 0 Å². The Morgan fingerprint density at radius 1 is 1.17 bits per heavy atom. The summed E-state index contributed by atoms with van der Waals surface area (Å²) in [5.74, 6) is 0.798. The molecule has 0 aliphatic heterocycles. The van der Waals surface area contributed by atoms with E-state index in [2.05, 4.69) is 23.6 Å². The van der Waals surface area contributed by atoms with Gasteiger partial charge in [-0.3, -0.25) is 0 Å². The number of carbonyl (C=O) groups is 1. The molecule has 4 nitrogen and oxygen atoms in total. The van der Waals surface area contributed by atoms with Gasteiger partial charge in [0, 0.05) is 5.02 Å². The van der Waals surface area contributed by atoms with Crippen LogP contribution in [0, 0.1) is 0 Å². The second-order valence-corrected chi connectivity index (χ2v) is 5.70. The number of urea groups is 1. The predicted molar refractivity (Wildman–Crippen MR) is 94.8 cm³/mol. The minimum Gasteiger partial charge on any atom is -0.492 e. The first-order chi connectivity index (χ1) is 11.1. The van der Waals surface area contributed by atoms with E-state index in [4.69, 9.17) is 27.9 Å². The highest BCUT2D eigenvalue weighted by atomic mass is 35.5. The van der Waals surface area contributed by atoms with E-state index < -0.39 is 0 Å². The standard InChI is InChI=1S/C17H18Cl2N2O2/c1-2-12-4-3-5-14(10-12)23-9-8-20-17(22)21-16-7-6-13(18)11-15(16)19/h3-7,10-11H,2,8-9H2,1H3,(H2,20,21,22). The molecule has 0 atom stereocenters. The molecule has 2 aromatic carbocycles. The lowest BCUT2D eigenvalue weighted by molar-refractivity contribution is 0.247. The summed E-state index contributed by atoms with van der Waals surface area (Å²) in [6.45, 7) is 2.86. The van der Waals surface area contributed by atoms with Crippen LogP contribution in [-0.2, 0) is 6.42 Å². The molecule has 0 spiro atoms. The number of carbonyl (C=O) groups excluding carboxylic acids is 1. The summed E-state index contributed by atoms with van der Waals surface area (Å²) >= 11 is 11.8. The van der Waals surface area contributed by atoms with E-state index in [9.17, 15) is 4.79 Å². The zero-order chi connectivity index (χ0) is 16.7. The van der Waals surface area contributed by atoms with Crippen molar-refractivity contribution in [1.29, 1.82) is 0 Å². The Labute approximate surface area is 145 Å². The third-order valence-corrected chi connectivity index (χ3v) is 3.69. The fourth-order valence-electron chi connectivity index (χ4n) is 1.95. The molecule has 0 saturated carbocycles. The molecular formula is C17H18Cl2N2O2. The molecule has 0 aliphatic carbocycles. The lowest BCUT2D eigenvalue weighted by Gasteiger charge is -2.10. The fraction of sp³-hybridized carbons (Fsp3) is 0.235. The lowest BCUT2D eigenvalue weighted by atomic mass is 10.2. The van der Waals surface area contributed by atoms with Gasteiger partial charge < -0.3 is 15.4 Å². The number of nitrogens with one attached hydrogen (secondary N) is 2. The maximum atomic E-state index is 11.8. The topological polar surface area (TPSA) is 50.4 Å². The van der Waals surface area contributed by atoms with Crippen LogP contribution in [0.4, 0.5) is 10.5 Å². The third-order valence-electron chi connectivity index (χ3n) is 3.14. The van der Waals surface area contributed by atoms with Gasteiger partial charge in [0.25, 0.3) is 0 Å². The van der Waals surface area contributed by atoms with Gasteiger partial charge in [0.15, 0.2) is 0 Å². The molecule has 0 aromatic heterocycles. The van der Waals surface area contributed by atoms with E-state index in [1.54, 1.807) is 18.2 Å². The molecule has 0 unspecified atom stereocenters. The van der Waals surface area contributed by atoms with E-state index >= 15 is 0 Å². The van der Waals surface area contributed by atoms with Crippen molar-refractivity contribution in [2.45, 2.75) is 13.3 Å². The molecule has 0 radical (unpaired) electrons. The van der Waals surface area contributed by atoms with Crippen LogP contribution in [-0.4, -0.2) is 19.2 Å². The Bertz CT molecular complexity index is 677. The van der Waals surface area contributed by atoms with Gasteiger partial charge in [-0.1, -0.05) is 42.3 Å². The van der Waals surface area contributed by atoms with Crippen molar-refractivity contribution in [3.8, 4) is 5.75 Å². The van der Waals surface area contributed by atoms with Crippen molar-refractivity contribution in [1.82, 2.24) is 5.32 Å². The van der Waals surface area contributed by atoms with E-state index in [0.717, 1.165) is 12.2 Å². The minimum atomic E-state index is -0.347. The fourth-order valence-corrected chi connectivity index (χ4v) is 2.40. The van der Waals surface area contributed by atoms with Gasteiger partial charge in [-0.05, 0) is 42.3 Å². The Hall–Kier alpha value is -1.91. The van der Waals surface area contributed by atoms with Crippen LogP contribution >= 0.6 is 23.2 Å². The second kappa shape index (κ2) is 8.65. The highest BCUT2D eigenvalue weighted by Crippen LogP contribution is 2.25. The highest BCUT2D eigenvalue weighted by Gasteiger charge is 2.05. The first kappa shape index (κ1) is 17.4. The summed E-state index contributed by atoms with van der Waals surface area (Å²) in [7, 11) is 0. The Morgan fingerprint density at radius 3 is 2.74 bits per heavy atom. The predicted octanol–water partition coefficient (Wildman–Crippen LogP) is 4.76. The van der Waals surface area contributed by atoms with Gasteiger partial charge in [0.05, 0.1) is 17.3 Å². The maximum Gasteiger partial charge on any atom is 0.319 e. The molecule has 0 heterocycles. The quantitative estimate of drug-likeness (QED) is 0.736. The normalized spacial score (nSPS) is 10.2. The summed E-state index contributed by atoms with van der Waals surface area (Å²) in [6, 6.07) is 12.4. The minimum absolute atomic E-state index is 0.347. The van der Waals surface area contributed by atoms with Gasteiger partial charge >= 0.3 is 6.03 Å². The van der Waals surface area contributed by atoms with E-state index in [-0.39, 0.29) is 6.03 Å². The summed E-state index contributed by atoms with van der Waals surface area (Å²) in [5.41, 5.74) is 1.72. The number of aryl methyl sites for hydroxylation is 1. The Balaban J connectivity index is 1.74. The van der Waals surface area contributed by atoms with Gasteiger partial charge in [0.2, 0.25) is 0 Å². The number of rotatable bonds is 6. The van der Waals surface area contributed by atoms with Crippen LogP contribution in [0.5, 0.6) is 5.75 Å². The maximum absolute atomic E-state index is 11.8. The van der Waals surface area contributed by atoms with Crippen molar-refractivity contribution >= 4 is 34.9 Å². The average Bonchev–Trinajstić information content (AvgIpc) is 2.54. The van der Waals surface area contributed by atoms with Crippen molar-refractivity contribution in [3.63, 3.8) is 0 Å². The van der Waals surface area contributed by atoms with Crippen molar-refractivity contribution < 1.29 is 9.53 Å². The zero-order valence-electron chi connectivity index (χ0n) is 12.7. The molecule has 0 aliphatic rings. The molecule has 122 valence electrons. The number of amides is 2. The Kier molecular flexibility index (Phi) is 6.56. The third kappa shape index (κ3) is 5.66. The van der Waals surface area contributed by atoms with Crippen LogP contribution in [0.3, 0.4) is 0 Å². The molecular weight excluding hydrogens is 335 g/mol. The van der Waals surface area contributed by atoms with Gasteiger partial charge in [0.1, 0.15) is 12.4 Å². The highest BCUT2D eigenvalue weighted by molar-refractivity contribution is 6.36. The summed E-state index contributed by atoms with van der Waals surface area (Å²) in [4.78, 5) is 11.8. The van der Waals surface area contributed by atoms with E-state index in [0.29, 0.717) is 28.9 Å². The number of halogens is 2. The zero-order valence-corrected chi connectivity index (χ0v) is 14.2. The number of benzene rings is 2. The van der Waals surface area contributed by atoms with Crippen LogP contribution < -0.4 is 15.4 Å². The molecule has 0 fully saturated rings. The van der Waals surface area contributed by atoms with Gasteiger partial charge in [-0.25, -0.2) is 4.79 Å². The first-order valence-electron chi connectivity index (χ1n) is 7.30. The molecule has 23 heavy (non-hydrogen) atoms. The lowest BCUT2D eigenvalue weighted by Crippen LogP contribution is -2.32. The smallest absolute Gasteiger partial charge is 0.319 e. The van der Waals surface area contributed by atoms with Crippen LogP contribution in [0.25, 0.3) is 0 Å². The van der Waals surface area contributed by atoms with E-state index in [1.807, 2.05) is 18.2 Å². The van der Waals surface area contributed by atoms with Crippen LogP contribution in [0.2, 0.25) is 10.0 Å². The molecule has 6 heteroatoms. The number of hydrogen-bond donors (Lipinski definition) is 2. The largest absolute Gasteiger partial charge is 0.492 e. The molecule has 2 rings (SSSR count). The average molecular weight is 353 g/mol. The summed E-state index contributed by atoms with van der Waals surface area (Å²) in [5, 5.41) is 6.27. The van der Waals surface area contributed by atoms with Crippen molar-refractivity contribution in [3.05, 3.63) is 58.1 Å².